The molecule has 0 spiro atoms. The van der Waals surface area contributed by atoms with Crippen molar-refractivity contribution in [3.8, 4) is 5.75 Å². The third kappa shape index (κ3) is 3.69. The summed E-state index contributed by atoms with van der Waals surface area (Å²) in [6.07, 6.45) is 1.31. The molecule has 0 bridgehead atoms. The van der Waals surface area contributed by atoms with Crippen molar-refractivity contribution in [2.45, 2.75) is 39.8 Å². The van der Waals surface area contributed by atoms with Crippen LogP contribution in [-0.4, -0.2) is 34.9 Å². The third-order valence-electron chi connectivity index (χ3n) is 3.19. The average molecular weight is 305 g/mol. The summed E-state index contributed by atoms with van der Waals surface area (Å²) in [6, 6.07) is 3.87. The van der Waals surface area contributed by atoms with Gasteiger partial charge >= 0.3 is 6.09 Å². The Labute approximate surface area is 130 Å². The number of fused-ring (bicyclic) bond motifs is 1. The summed E-state index contributed by atoms with van der Waals surface area (Å²) in [4.78, 5) is 16.1. The fraction of sp³-hybridized carbons (Fsp3) is 0.500. The van der Waals surface area contributed by atoms with Crippen LogP contribution in [0.25, 0.3) is 11.0 Å². The molecular formula is C16H23N3O3. The SMILES string of the molecule is COc1ccnc2c1cc(C)n2CCNC(=O)OC(C)(C)C. The summed E-state index contributed by atoms with van der Waals surface area (Å²) < 4.78 is 12.6. The molecule has 1 amide bonds. The average Bonchev–Trinajstić information content (AvgIpc) is 2.73. The van der Waals surface area contributed by atoms with Crippen molar-refractivity contribution in [2.75, 3.05) is 13.7 Å². The summed E-state index contributed by atoms with van der Waals surface area (Å²) in [7, 11) is 1.64. The van der Waals surface area contributed by atoms with Gasteiger partial charge in [-0.25, -0.2) is 9.78 Å². The zero-order valence-corrected chi connectivity index (χ0v) is 13.8. The molecular weight excluding hydrogens is 282 g/mol. The first-order valence-corrected chi connectivity index (χ1v) is 7.27. The zero-order chi connectivity index (χ0) is 16.3. The van der Waals surface area contributed by atoms with E-state index in [1.807, 2.05) is 39.8 Å². The van der Waals surface area contributed by atoms with E-state index < -0.39 is 11.7 Å². The minimum Gasteiger partial charge on any atom is -0.496 e. The number of amides is 1. The number of hydrogen-bond acceptors (Lipinski definition) is 4. The summed E-state index contributed by atoms with van der Waals surface area (Å²) in [5.41, 5.74) is 1.43. The lowest BCUT2D eigenvalue weighted by Crippen LogP contribution is -2.34. The Morgan fingerprint density at radius 1 is 1.41 bits per heavy atom. The van der Waals surface area contributed by atoms with Gasteiger partial charge in [0.15, 0.2) is 0 Å². The summed E-state index contributed by atoms with van der Waals surface area (Å²) >= 11 is 0. The molecule has 0 fully saturated rings. The van der Waals surface area contributed by atoms with Crippen LogP contribution in [0.3, 0.4) is 0 Å². The van der Waals surface area contributed by atoms with Crippen LogP contribution in [0, 0.1) is 6.92 Å². The van der Waals surface area contributed by atoms with Gasteiger partial charge in [0, 0.05) is 25.0 Å². The van der Waals surface area contributed by atoms with E-state index in [-0.39, 0.29) is 0 Å². The molecule has 0 atom stereocenters. The molecule has 1 N–H and O–H groups in total. The van der Waals surface area contributed by atoms with Crippen molar-refractivity contribution in [1.82, 2.24) is 14.9 Å². The van der Waals surface area contributed by atoms with Crippen molar-refractivity contribution in [3.63, 3.8) is 0 Å². The molecule has 0 unspecified atom stereocenters. The van der Waals surface area contributed by atoms with Crippen LogP contribution in [0.5, 0.6) is 5.75 Å². The highest BCUT2D eigenvalue weighted by molar-refractivity contribution is 5.84. The van der Waals surface area contributed by atoms with Crippen LogP contribution in [0.2, 0.25) is 0 Å². The first kappa shape index (κ1) is 16.1. The van der Waals surface area contributed by atoms with E-state index in [1.165, 1.54) is 0 Å². The molecule has 0 saturated carbocycles. The number of aryl methyl sites for hydroxylation is 1. The minimum absolute atomic E-state index is 0.410. The monoisotopic (exact) mass is 305 g/mol. The number of rotatable bonds is 4. The van der Waals surface area contributed by atoms with Gasteiger partial charge in [-0.15, -0.1) is 0 Å². The number of nitrogens with one attached hydrogen (secondary N) is 1. The van der Waals surface area contributed by atoms with Crippen molar-refractivity contribution in [2.24, 2.45) is 0 Å². The van der Waals surface area contributed by atoms with Gasteiger partial charge in [-0.05, 0) is 39.8 Å². The molecule has 0 aliphatic carbocycles. The molecule has 0 aliphatic heterocycles. The molecule has 0 aliphatic rings. The topological polar surface area (TPSA) is 65.4 Å². The third-order valence-corrected chi connectivity index (χ3v) is 3.19. The van der Waals surface area contributed by atoms with E-state index in [4.69, 9.17) is 9.47 Å². The fourth-order valence-corrected chi connectivity index (χ4v) is 2.29. The Balaban J connectivity index is 2.06. The molecule has 0 saturated heterocycles. The maximum Gasteiger partial charge on any atom is 0.407 e. The smallest absolute Gasteiger partial charge is 0.407 e. The van der Waals surface area contributed by atoms with Gasteiger partial charge < -0.3 is 19.4 Å². The van der Waals surface area contributed by atoms with Crippen LogP contribution in [0.1, 0.15) is 26.5 Å². The first-order valence-electron chi connectivity index (χ1n) is 7.27. The van der Waals surface area contributed by atoms with Gasteiger partial charge in [-0.1, -0.05) is 0 Å². The van der Waals surface area contributed by atoms with Crippen molar-refractivity contribution < 1.29 is 14.3 Å². The lowest BCUT2D eigenvalue weighted by atomic mass is 10.2. The number of carbonyl (C=O) groups is 1. The largest absolute Gasteiger partial charge is 0.496 e. The lowest BCUT2D eigenvalue weighted by molar-refractivity contribution is 0.0526. The zero-order valence-electron chi connectivity index (χ0n) is 13.8. The highest BCUT2D eigenvalue weighted by Gasteiger charge is 2.16. The standard InChI is InChI=1S/C16H23N3O3/c1-11-10-12-13(21-5)6-7-17-14(12)19(11)9-8-18-15(20)22-16(2,3)4/h6-7,10H,8-9H2,1-5H3,(H,18,20). The van der Waals surface area contributed by atoms with Crippen LogP contribution >= 0.6 is 0 Å². The van der Waals surface area contributed by atoms with Gasteiger partial charge in [-0.3, -0.25) is 0 Å². The molecule has 2 aromatic rings. The maximum atomic E-state index is 11.7. The first-order chi connectivity index (χ1) is 10.3. The van der Waals surface area contributed by atoms with Crippen molar-refractivity contribution in [1.29, 1.82) is 0 Å². The molecule has 0 radical (unpaired) electrons. The van der Waals surface area contributed by atoms with E-state index in [0.717, 1.165) is 22.5 Å². The molecule has 2 rings (SSSR count). The Bertz CT molecular complexity index is 671. The molecule has 120 valence electrons. The Morgan fingerprint density at radius 3 is 2.77 bits per heavy atom. The number of aromatic nitrogens is 2. The number of pyridine rings is 1. The number of carbonyl (C=O) groups excluding carboxylic acids is 1. The summed E-state index contributed by atoms with van der Waals surface area (Å²) in [5.74, 6) is 0.798. The number of nitrogens with zero attached hydrogens (tertiary/aromatic N) is 2. The second-order valence-electron chi connectivity index (χ2n) is 6.12. The maximum absolute atomic E-state index is 11.7. The second-order valence-corrected chi connectivity index (χ2v) is 6.12. The quantitative estimate of drug-likeness (QED) is 0.943. The predicted molar refractivity (Wildman–Crippen MR) is 85.3 cm³/mol. The minimum atomic E-state index is -0.491. The Hall–Kier alpha value is -2.24. The van der Waals surface area contributed by atoms with Crippen LogP contribution < -0.4 is 10.1 Å². The van der Waals surface area contributed by atoms with E-state index in [0.29, 0.717) is 13.1 Å². The number of ether oxygens (including phenoxy) is 2. The van der Waals surface area contributed by atoms with E-state index >= 15 is 0 Å². The molecule has 0 aromatic carbocycles. The van der Waals surface area contributed by atoms with Crippen LogP contribution in [-0.2, 0) is 11.3 Å². The molecule has 22 heavy (non-hydrogen) atoms. The van der Waals surface area contributed by atoms with Gasteiger partial charge in [0.1, 0.15) is 17.0 Å². The lowest BCUT2D eigenvalue weighted by Gasteiger charge is -2.19. The molecule has 2 aromatic heterocycles. The Morgan fingerprint density at radius 2 is 2.14 bits per heavy atom. The normalized spacial score (nSPS) is 11.5. The Kier molecular flexibility index (Phi) is 4.59. The van der Waals surface area contributed by atoms with Crippen molar-refractivity contribution in [3.05, 3.63) is 24.0 Å². The van der Waals surface area contributed by atoms with E-state index in [1.54, 1.807) is 13.3 Å². The van der Waals surface area contributed by atoms with Gasteiger partial charge in [0.25, 0.3) is 0 Å². The molecule has 6 nitrogen and oxygen atoms in total. The number of hydrogen-bond donors (Lipinski definition) is 1. The van der Waals surface area contributed by atoms with Gasteiger partial charge in [-0.2, -0.15) is 0 Å². The van der Waals surface area contributed by atoms with Gasteiger partial charge in [0.05, 0.1) is 12.5 Å². The fourth-order valence-electron chi connectivity index (χ4n) is 2.29. The number of alkyl carbamates (subject to hydrolysis) is 1. The van der Waals surface area contributed by atoms with E-state index in [2.05, 4.69) is 14.9 Å². The second kappa shape index (κ2) is 6.25. The molecule has 2 heterocycles. The highest BCUT2D eigenvalue weighted by Crippen LogP contribution is 2.26. The van der Waals surface area contributed by atoms with Crippen LogP contribution in [0.4, 0.5) is 4.79 Å². The summed E-state index contributed by atoms with van der Waals surface area (Å²) in [5, 5.41) is 3.73. The highest BCUT2D eigenvalue weighted by atomic mass is 16.6. The van der Waals surface area contributed by atoms with E-state index in [9.17, 15) is 4.79 Å². The van der Waals surface area contributed by atoms with Gasteiger partial charge in [0.2, 0.25) is 0 Å². The van der Waals surface area contributed by atoms with Crippen molar-refractivity contribution >= 4 is 17.1 Å². The molecule has 6 heteroatoms. The predicted octanol–water partition coefficient (Wildman–Crippen LogP) is 2.88. The van der Waals surface area contributed by atoms with Crippen LogP contribution in [0.15, 0.2) is 18.3 Å². The summed E-state index contributed by atoms with van der Waals surface area (Å²) in [6.45, 7) is 8.62. The number of methoxy groups -OCH3 is 1.